The van der Waals surface area contributed by atoms with Gasteiger partial charge in [0, 0.05) is 16.5 Å². The van der Waals surface area contributed by atoms with Crippen molar-refractivity contribution in [1.82, 2.24) is 14.9 Å². The molecule has 0 spiro atoms. The Hall–Kier alpha value is -2.43. The van der Waals surface area contributed by atoms with Crippen molar-refractivity contribution in [2.45, 2.75) is 39.7 Å². The zero-order chi connectivity index (χ0) is 21.3. The molecule has 1 atom stereocenters. The standard InChI is InChI=1S/C25H31ClN4/c1-4-30(5-2)17-9-10-19(3)27-25-22-15-14-21(26)18-23(22)28-24(29-25)16-13-20-11-7-6-8-12-20/h6-8,11-16,18-19H,4-5,9-10,17H2,1-3H3,(H,27,28,29)/b16-13+/t19-/m0/s1. The van der Waals surface area contributed by atoms with Gasteiger partial charge in [-0.25, -0.2) is 9.97 Å². The summed E-state index contributed by atoms with van der Waals surface area (Å²) in [7, 11) is 0. The highest BCUT2D eigenvalue weighted by Crippen LogP contribution is 2.25. The van der Waals surface area contributed by atoms with Crippen molar-refractivity contribution < 1.29 is 0 Å². The number of rotatable bonds is 10. The Morgan fingerprint density at radius 3 is 2.53 bits per heavy atom. The van der Waals surface area contributed by atoms with Crippen LogP contribution in [0, 0.1) is 0 Å². The molecule has 0 aliphatic rings. The Morgan fingerprint density at radius 2 is 1.80 bits per heavy atom. The molecule has 0 aliphatic heterocycles. The van der Waals surface area contributed by atoms with E-state index in [1.54, 1.807) is 0 Å². The predicted molar refractivity (Wildman–Crippen MR) is 130 cm³/mol. The van der Waals surface area contributed by atoms with E-state index in [-0.39, 0.29) is 0 Å². The molecule has 1 N–H and O–H groups in total. The van der Waals surface area contributed by atoms with Crippen LogP contribution in [0.3, 0.4) is 0 Å². The SMILES string of the molecule is CCN(CC)CCC[C@H](C)Nc1nc(/C=C/c2ccccc2)nc2cc(Cl)ccc12. The van der Waals surface area contributed by atoms with Crippen molar-refractivity contribution in [2.24, 2.45) is 0 Å². The van der Waals surface area contributed by atoms with E-state index < -0.39 is 0 Å². The van der Waals surface area contributed by atoms with Gasteiger partial charge in [0.2, 0.25) is 0 Å². The molecule has 1 aromatic heterocycles. The van der Waals surface area contributed by atoms with Crippen molar-refractivity contribution in [1.29, 1.82) is 0 Å². The highest BCUT2D eigenvalue weighted by molar-refractivity contribution is 6.31. The third kappa shape index (κ3) is 6.28. The Labute approximate surface area is 185 Å². The Bertz CT molecular complexity index is 968. The fourth-order valence-electron chi connectivity index (χ4n) is 3.51. The monoisotopic (exact) mass is 422 g/mol. The van der Waals surface area contributed by atoms with Crippen LogP contribution in [0.1, 0.15) is 45.0 Å². The van der Waals surface area contributed by atoms with Crippen LogP contribution in [0.15, 0.2) is 48.5 Å². The largest absolute Gasteiger partial charge is 0.367 e. The second-order valence-corrected chi connectivity index (χ2v) is 7.99. The Balaban J connectivity index is 1.79. The fourth-order valence-corrected chi connectivity index (χ4v) is 3.67. The van der Waals surface area contributed by atoms with Crippen molar-refractivity contribution in [3.05, 3.63) is 64.9 Å². The van der Waals surface area contributed by atoms with E-state index in [0.29, 0.717) is 16.9 Å². The van der Waals surface area contributed by atoms with Crippen LogP contribution in [0.25, 0.3) is 23.1 Å². The summed E-state index contributed by atoms with van der Waals surface area (Å²) in [5.41, 5.74) is 1.97. The summed E-state index contributed by atoms with van der Waals surface area (Å²) in [6, 6.07) is 16.3. The van der Waals surface area contributed by atoms with Crippen LogP contribution >= 0.6 is 11.6 Å². The summed E-state index contributed by atoms with van der Waals surface area (Å²) in [6.45, 7) is 9.98. The van der Waals surface area contributed by atoms with E-state index in [2.05, 4.69) is 43.1 Å². The van der Waals surface area contributed by atoms with Gasteiger partial charge in [-0.05, 0) is 69.2 Å². The Morgan fingerprint density at radius 1 is 1.03 bits per heavy atom. The van der Waals surface area contributed by atoms with Crippen molar-refractivity contribution >= 4 is 40.5 Å². The second kappa shape index (κ2) is 11.1. The van der Waals surface area contributed by atoms with E-state index in [0.717, 1.165) is 54.8 Å². The zero-order valence-electron chi connectivity index (χ0n) is 18.1. The summed E-state index contributed by atoms with van der Waals surface area (Å²) in [4.78, 5) is 12.0. The lowest BCUT2D eigenvalue weighted by Gasteiger charge is -2.20. The molecule has 2 aromatic carbocycles. The lowest BCUT2D eigenvalue weighted by Crippen LogP contribution is -2.25. The van der Waals surface area contributed by atoms with Crippen molar-refractivity contribution in [3.8, 4) is 0 Å². The first-order valence-electron chi connectivity index (χ1n) is 10.8. The minimum absolute atomic E-state index is 0.320. The number of hydrogen-bond donors (Lipinski definition) is 1. The first kappa shape index (κ1) is 22.3. The maximum absolute atomic E-state index is 6.22. The number of hydrogen-bond acceptors (Lipinski definition) is 4. The second-order valence-electron chi connectivity index (χ2n) is 7.55. The van der Waals surface area contributed by atoms with E-state index in [1.807, 2.05) is 48.6 Å². The third-order valence-electron chi connectivity index (χ3n) is 5.29. The molecule has 5 heteroatoms. The molecule has 30 heavy (non-hydrogen) atoms. The molecule has 4 nitrogen and oxygen atoms in total. The number of nitrogens with zero attached hydrogens (tertiary/aromatic N) is 3. The minimum Gasteiger partial charge on any atom is -0.367 e. The summed E-state index contributed by atoms with van der Waals surface area (Å²) in [5, 5.41) is 5.28. The fraction of sp³-hybridized carbons (Fsp3) is 0.360. The lowest BCUT2D eigenvalue weighted by atomic mass is 10.1. The average Bonchev–Trinajstić information content (AvgIpc) is 2.75. The number of nitrogens with one attached hydrogen (secondary N) is 1. The first-order valence-corrected chi connectivity index (χ1v) is 11.2. The summed E-state index contributed by atoms with van der Waals surface area (Å²) >= 11 is 6.22. The molecule has 0 saturated carbocycles. The molecular weight excluding hydrogens is 392 g/mol. The van der Waals surface area contributed by atoms with Crippen molar-refractivity contribution in [3.63, 3.8) is 0 Å². The van der Waals surface area contributed by atoms with Crippen LogP contribution in [0.4, 0.5) is 5.82 Å². The lowest BCUT2D eigenvalue weighted by molar-refractivity contribution is 0.295. The van der Waals surface area contributed by atoms with Gasteiger partial charge in [0.1, 0.15) is 5.82 Å². The summed E-state index contributed by atoms with van der Waals surface area (Å²) < 4.78 is 0. The predicted octanol–water partition coefficient (Wildman–Crippen LogP) is 6.38. The van der Waals surface area contributed by atoms with Gasteiger partial charge in [0.25, 0.3) is 0 Å². The van der Waals surface area contributed by atoms with Gasteiger partial charge >= 0.3 is 0 Å². The third-order valence-corrected chi connectivity index (χ3v) is 5.52. The smallest absolute Gasteiger partial charge is 0.154 e. The number of halogens is 1. The summed E-state index contributed by atoms with van der Waals surface area (Å²) in [5.74, 6) is 1.53. The van der Waals surface area contributed by atoms with Gasteiger partial charge in [0.15, 0.2) is 5.82 Å². The Kier molecular flexibility index (Phi) is 8.23. The number of benzene rings is 2. The maximum atomic E-state index is 6.22. The molecular formula is C25H31ClN4. The highest BCUT2D eigenvalue weighted by atomic mass is 35.5. The number of aromatic nitrogens is 2. The van der Waals surface area contributed by atoms with E-state index in [9.17, 15) is 0 Å². The molecule has 0 saturated heterocycles. The topological polar surface area (TPSA) is 41.0 Å². The molecule has 3 rings (SSSR count). The quantitative estimate of drug-likeness (QED) is 0.411. The summed E-state index contributed by atoms with van der Waals surface area (Å²) in [6.07, 6.45) is 6.23. The normalized spacial score (nSPS) is 12.7. The van der Waals surface area contributed by atoms with Gasteiger partial charge in [-0.2, -0.15) is 0 Å². The first-order chi connectivity index (χ1) is 14.6. The van der Waals surface area contributed by atoms with Crippen molar-refractivity contribution in [2.75, 3.05) is 25.0 Å². The molecule has 0 unspecified atom stereocenters. The zero-order valence-corrected chi connectivity index (χ0v) is 18.9. The van der Waals surface area contributed by atoms with Crippen LogP contribution < -0.4 is 5.32 Å². The van der Waals surface area contributed by atoms with Crippen LogP contribution in [-0.4, -0.2) is 40.5 Å². The minimum atomic E-state index is 0.320. The molecule has 1 heterocycles. The molecule has 0 amide bonds. The van der Waals surface area contributed by atoms with E-state index >= 15 is 0 Å². The van der Waals surface area contributed by atoms with Crippen LogP contribution in [0.5, 0.6) is 0 Å². The van der Waals surface area contributed by atoms with Gasteiger partial charge in [0.05, 0.1) is 5.52 Å². The molecule has 0 fully saturated rings. The maximum Gasteiger partial charge on any atom is 0.154 e. The molecule has 0 aliphatic carbocycles. The van der Waals surface area contributed by atoms with Gasteiger partial charge in [-0.1, -0.05) is 61.9 Å². The number of fused-ring (bicyclic) bond motifs is 1. The van der Waals surface area contributed by atoms with E-state index in [1.165, 1.54) is 0 Å². The van der Waals surface area contributed by atoms with Crippen LogP contribution in [0.2, 0.25) is 5.02 Å². The average molecular weight is 423 g/mol. The van der Waals surface area contributed by atoms with Gasteiger partial charge < -0.3 is 10.2 Å². The molecule has 0 bridgehead atoms. The van der Waals surface area contributed by atoms with E-state index in [4.69, 9.17) is 21.6 Å². The molecule has 3 aromatic rings. The van der Waals surface area contributed by atoms with Crippen LogP contribution in [-0.2, 0) is 0 Å². The number of anilines is 1. The van der Waals surface area contributed by atoms with Gasteiger partial charge in [-0.3, -0.25) is 0 Å². The highest BCUT2D eigenvalue weighted by Gasteiger charge is 2.11. The molecule has 158 valence electrons. The van der Waals surface area contributed by atoms with Gasteiger partial charge in [-0.15, -0.1) is 0 Å². The molecule has 0 radical (unpaired) electrons.